The van der Waals surface area contributed by atoms with Gasteiger partial charge in [-0.25, -0.2) is 0 Å². The lowest BCUT2D eigenvalue weighted by Crippen LogP contribution is -2.43. The molecule has 0 radical (unpaired) electrons. The van der Waals surface area contributed by atoms with Crippen LogP contribution in [0.5, 0.6) is 0 Å². The Kier molecular flexibility index (Phi) is 5.91. The molecule has 0 aromatic carbocycles. The highest BCUT2D eigenvalue weighted by Gasteiger charge is 2.27. The van der Waals surface area contributed by atoms with E-state index in [1.807, 2.05) is 12.2 Å². The number of carbonyl (C=O) groups excluding carboxylic acids is 1. The summed E-state index contributed by atoms with van der Waals surface area (Å²) in [6.45, 7) is 0.687. The first-order chi connectivity index (χ1) is 8.38. The van der Waals surface area contributed by atoms with Gasteiger partial charge in [0.15, 0.2) is 0 Å². The minimum atomic E-state index is -4.34. The van der Waals surface area contributed by atoms with Crippen molar-refractivity contribution in [2.75, 3.05) is 13.1 Å². The van der Waals surface area contributed by atoms with E-state index in [9.17, 15) is 18.0 Å². The molecule has 6 heteroatoms. The van der Waals surface area contributed by atoms with Gasteiger partial charge in [-0.15, -0.1) is 0 Å². The van der Waals surface area contributed by atoms with Crippen molar-refractivity contribution in [1.82, 2.24) is 10.6 Å². The molecule has 0 spiro atoms. The maximum Gasteiger partial charge on any atom is 0.405 e. The first-order valence-corrected chi connectivity index (χ1v) is 6.45. The summed E-state index contributed by atoms with van der Waals surface area (Å²) < 4.78 is 35.6. The third kappa shape index (κ3) is 6.23. The number of nitrogens with one attached hydrogen (secondary N) is 2. The summed E-state index contributed by atoms with van der Waals surface area (Å²) in [5, 5.41) is 4.86. The van der Waals surface area contributed by atoms with E-state index < -0.39 is 18.6 Å². The SMILES string of the molecule is CC(NCC(=O)NCC(F)(F)F)C1CCCCC1. The summed E-state index contributed by atoms with van der Waals surface area (Å²) in [4.78, 5) is 11.2. The molecule has 106 valence electrons. The average Bonchev–Trinajstić information content (AvgIpc) is 2.33. The molecule has 1 saturated carbocycles. The Hall–Kier alpha value is -0.780. The van der Waals surface area contributed by atoms with Crippen molar-refractivity contribution >= 4 is 5.91 Å². The van der Waals surface area contributed by atoms with Gasteiger partial charge in [0.1, 0.15) is 6.54 Å². The Morgan fingerprint density at radius 2 is 1.89 bits per heavy atom. The summed E-state index contributed by atoms with van der Waals surface area (Å²) in [7, 11) is 0. The minimum Gasteiger partial charge on any atom is -0.346 e. The van der Waals surface area contributed by atoms with Crippen molar-refractivity contribution < 1.29 is 18.0 Å². The van der Waals surface area contributed by atoms with Crippen molar-refractivity contribution in [2.24, 2.45) is 5.92 Å². The highest BCUT2D eigenvalue weighted by Crippen LogP contribution is 2.26. The van der Waals surface area contributed by atoms with Gasteiger partial charge in [0, 0.05) is 6.04 Å². The van der Waals surface area contributed by atoms with E-state index in [0.717, 1.165) is 12.8 Å². The van der Waals surface area contributed by atoms with Crippen molar-refractivity contribution in [1.29, 1.82) is 0 Å². The lowest BCUT2D eigenvalue weighted by molar-refractivity contribution is -0.138. The molecule has 1 aliphatic rings. The zero-order chi connectivity index (χ0) is 13.6. The summed E-state index contributed by atoms with van der Waals surface area (Å²) in [6, 6.07) is 0.182. The van der Waals surface area contributed by atoms with Crippen LogP contribution >= 0.6 is 0 Å². The lowest BCUT2D eigenvalue weighted by atomic mass is 9.84. The highest BCUT2D eigenvalue weighted by molar-refractivity contribution is 5.78. The van der Waals surface area contributed by atoms with Gasteiger partial charge in [0.2, 0.25) is 5.91 Å². The van der Waals surface area contributed by atoms with Gasteiger partial charge in [-0.05, 0) is 25.7 Å². The number of carbonyl (C=O) groups is 1. The fraction of sp³-hybridized carbons (Fsp3) is 0.917. The number of alkyl halides is 3. The second kappa shape index (κ2) is 6.97. The molecule has 0 bridgehead atoms. The molecular weight excluding hydrogens is 245 g/mol. The molecule has 1 fully saturated rings. The molecule has 2 N–H and O–H groups in total. The molecular formula is C12H21F3N2O. The van der Waals surface area contributed by atoms with Gasteiger partial charge in [0.25, 0.3) is 0 Å². The zero-order valence-corrected chi connectivity index (χ0v) is 10.6. The average molecular weight is 266 g/mol. The first kappa shape index (κ1) is 15.3. The number of hydrogen-bond acceptors (Lipinski definition) is 2. The predicted octanol–water partition coefficient (Wildman–Crippen LogP) is 2.22. The van der Waals surface area contributed by atoms with E-state index >= 15 is 0 Å². The Bertz CT molecular complexity index is 263. The van der Waals surface area contributed by atoms with Crippen LogP contribution in [-0.4, -0.2) is 31.2 Å². The Morgan fingerprint density at radius 3 is 2.44 bits per heavy atom. The van der Waals surface area contributed by atoms with E-state index in [1.165, 1.54) is 19.3 Å². The second-order valence-corrected chi connectivity index (χ2v) is 4.96. The topological polar surface area (TPSA) is 41.1 Å². The Morgan fingerprint density at radius 1 is 1.28 bits per heavy atom. The van der Waals surface area contributed by atoms with Crippen LogP contribution in [-0.2, 0) is 4.79 Å². The van der Waals surface area contributed by atoms with E-state index in [4.69, 9.17) is 0 Å². The minimum absolute atomic E-state index is 0.0479. The van der Waals surface area contributed by atoms with Gasteiger partial charge >= 0.3 is 6.18 Å². The molecule has 0 aromatic rings. The van der Waals surface area contributed by atoms with Crippen molar-refractivity contribution in [3.63, 3.8) is 0 Å². The molecule has 1 atom stereocenters. The normalized spacial score (nSPS) is 19.6. The van der Waals surface area contributed by atoms with Crippen LogP contribution in [0.4, 0.5) is 13.2 Å². The number of halogens is 3. The summed E-state index contributed by atoms with van der Waals surface area (Å²) in [6.07, 6.45) is 1.60. The van der Waals surface area contributed by atoms with Gasteiger partial charge in [-0.1, -0.05) is 19.3 Å². The van der Waals surface area contributed by atoms with Crippen LogP contribution < -0.4 is 10.6 Å². The van der Waals surface area contributed by atoms with Crippen LogP contribution in [0, 0.1) is 5.92 Å². The second-order valence-electron chi connectivity index (χ2n) is 4.96. The number of hydrogen-bond donors (Lipinski definition) is 2. The molecule has 0 aromatic heterocycles. The van der Waals surface area contributed by atoms with Crippen LogP contribution in [0.3, 0.4) is 0 Å². The molecule has 1 unspecified atom stereocenters. The standard InChI is InChI=1S/C12H21F3N2O/c1-9(10-5-3-2-4-6-10)16-7-11(18)17-8-12(13,14)15/h9-10,16H,2-8H2,1H3,(H,17,18). The van der Waals surface area contributed by atoms with Crippen LogP contribution in [0.2, 0.25) is 0 Å². The Balaban J connectivity index is 2.17. The number of amides is 1. The molecule has 1 rings (SSSR count). The van der Waals surface area contributed by atoms with Gasteiger partial charge in [-0.2, -0.15) is 13.2 Å². The fourth-order valence-corrected chi connectivity index (χ4v) is 2.32. The van der Waals surface area contributed by atoms with Gasteiger partial charge in [-0.3, -0.25) is 4.79 Å². The largest absolute Gasteiger partial charge is 0.405 e. The lowest BCUT2D eigenvalue weighted by Gasteiger charge is -2.28. The van der Waals surface area contributed by atoms with Crippen molar-refractivity contribution in [3.05, 3.63) is 0 Å². The third-order valence-corrected chi connectivity index (χ3v) is 3.43. The van der Waals surface area contributed by atoms with Crippen LogP contribution in [0.15, 0.2) is 0 Å². The Labute approximate surface area is 106 Å². The van der Waals surface area contributed by atoms with E-state index in [-0.39, 0.29) is 12.6 Å². The highest BCUT2D eigenvalue weighted by atomic mass is 19.4. The molecule has 3 nitrogen and oxygen atoms in total. The zero-order valence-electron chi connectivity index (χ0n) is 10.6. The van der Waals surface area contributed by atoms with Crippen LogP contribution in [0.1, 0.15) is 39.0 Å². The molecule has 1 amide bonds. The van der Waals surface area contributed by atoms with Crippen molar-refractivity contribution in [3.8, 4) is 0 Å². The van der Waals surface area contributed by atoms with E-state index in [1.54, 1.807) is 0 Å². The van der Waals surface area contributed by atoms with Crippen molar-refractivity contribution in [2.45, 2.75) is 51.2 Å². The molecule has 1 aliphatic carbocycles. The molecule has 18 heavy (non-hydrogen) atoms. The molecule has 0 heterocycles. The summed E-state index contributed by atoms with van der Waals surface area (Å²) in [5.74, 6) is -0.0656. The van der Waals surface area contributed by atoms with Gasteiger partial charge < -0.3 is 10.6 Å². The van der Waals surface area contributed by atoms with Crippen LogP contribution in [0.25, 0.3) is 0 Å². The first-order valence-electron chi connectivity index (χ1n) is 6.45. The van der Waals surface area contributed by atoms with E-state index in [0.29, 0.717) is 5.92 Å². The van der Waals surface area contributed by atoms with Gasteiger partial charge in [0.05, 0.1) is 6.54 Å². The maximum absolute atomic E-state index is 11.9. The maximum atomic E-state index is 11.9. The summed E-state index contributed by atoms with van der Waals surface area (Å²) in [5.41, 5.74) is 0. The van der Waals surface area contributed by atoms with E-state index in [2.05, 4.69) is 5.32 Å². The molecule has 0 aliphatic heterocycles. The predicted molar refractivity (Wildman–Crippen MR) is 63.1 cm³/mol. The quantitative estimate of drug-likeness (QED) is 0.801. The summed E-state index contributed by atoms with van der Waals surface area (Å²) >= 11 is 0. The smallest absolute Gasteiger partial charge is 0.346 e. The molecule has 0 saturated heterocycles. The third-order valence-electron chi connectivity index (χ3n) is 3.43. The number of rotatable bonds is 5. The fourth-order valence-electron chi connectivity index (χ4n) is 2.32. The monoisotopic (exact) mass is 266 g/mol.